The van der Waals surface area contributed by atoms with Crippen LogP contribution in [0.25, 0.3) is 0 Å². The van der Waals surface area contributed by atoms with Crippen molar-refractivity contribution < 1.29 is 18.0 Å². The predicted octanol–water partition coefficient (Wildman–Crippen LogP) is 3.10. The number of halogens is 4. The Labute approximate surface area is 83.5 Å². The van der Waals surface area contributed by atoms with Crippen LogP contribution in [0.5, 0.6) is 0 Å². The van der Waals surface area contributed by atoms with E-state index in [1.807, 2.05) is 0 Å². The van der Waals surface area contributed by atoms with Crippen LogP contribution in [0.15, 0.2) is 18.2 Å². The minimum atomic E-state index is -4.45. The average molecular weight is 223 g/mol. The van der Waals surface area contributed by atoms with Gasteiger partial charge in [0.25, 0.3) is 0 Å². The second kappa shape index (κ2) is 4.00. The van der Waals surface area contributed by atoms with Crippen molar-refractivity contribution in [3.8, 4) is 0 Å². The van der Waals surface area contributed by atoms with Crippen LogP contribution in [0, 0.1) is 0 Å². The summed E-state index contributed by atoms with van der Waals surface area (Å²) in [5.74, 6) is 0. The van der Waals surface area contributed by atoms with E-state index in [0.29, 0.717) is 11.8 Å². The molecule has 0 fully saturated rings. The van der Waals surface area contributed by atoms with Gasteiger partial charge in [0.15, 0.2) is 0 Å². The summed E-state index contributed by atoms with van der Waals surface area (Å²) in [6, 6.07) is 3.27. The minimum Gasteiger partial charge on any atom is -0.303 e. The number of carbonyl (C=O) groups excluding carboxylic acids is 1. The van der Waals surface area contributed by atoms with E-state index in [9.17, 15) is 18.0 Å². The number of hydrogen-bond donors (Lipinski definition) is 0. The molecule has 0 saturated carbocycles. The Hall–Kier alpha value is -1.03. The molecule has 0 aliphatic heterocycles. The van der Waals surface area contributed by atoms with Gasteiger partial charge in [-0.1, -0.05) is 17.7 Å². The number of carbonyl (C=O) groups is 1. The maximum atomic E-state index is 12.2. The zero-order valence-corrected chi connectivity index (χ0v) is 7.69. The summed E-state index contributed by atoms with van der Waals surface area (Å²) in [4.78, 5) is 10.1. The first-order chi connectivity index (χ1) is 6.45. The van der Waals surface area contributed by atoms with E-state index < -0.39 is 11.7 Å². The number of benzene rings is 1. The molecular weight excluding hydrogens is 217 g/mol. The van der Waals surface area contributed by atoms with E-state index in [4.69, 9.17) is 11.6 Å². The van der Waals surface area contributed by atoms with E-state index in [-0.39, 0.29) is 11.4 Å². The highest BCUT2D eigenvalue weighted by Gasteiger charge is 2.32. The van der Waals surface area contributed by atoms with Crippen LogP contribution < -0.4 is 0 Å². The number of rotatable bonds is 2. The van der Waals surface area contributed by atoms with Gasteiger partial charge >= 0.3 is 6.18 Å². The van der Waals surface area contributed by atoms with Gasteiger partial charge in [-0.25, -0.2) is 0 Å². The predicted molar refractivity (Wildman–Crippen MR) is 46.2 cm³/mol. The van der Waals surface area contributed by atoms with Crippen molar-refractivity contribution >= 4 is 17.9 Å². The first-order valence-electron chi connectivity index (χ1n) is 3.74. The molecule has 1 aromatic carbocycles. The van der Waals surface area contributed by atoms with Crippen LogP contribution in [0.1, 0.15) is 11.1 Å². The Kier molecular flexibility index (Phi) is 3.16. The maximum Gasteiger partial charge on any atom is 0.417 e. The summed E-state index contributed by atoms with van der Waals surface area (Å²) < 4.78 is 36.6. The molecule has 76 valence electrons. The molecule has 0 spiro atoms. The fourth-order valence-electron chi connectivity index (χ4n) is 1.01. The first-order valence-corrected chi connectivity index (χ1v) is 4.12. The van der Waals surface area contributed by atoms with Crippen molar-refractivity contribution in [2.45, 2.75) is 12.6 Å². The van der Waals surface area contributed by atoms with Gasteiger partial charge in [-0.15, -0.1) is 0 Å². The highest BCUT2D eigenvalue weighted by atomic mass is 35.5. The molecule has 0 aliphatic rings. The number of alkyl halides is 3. The lowest BCUT2D eigenvalue weighted by atomic mass is 10.1. The van der Waals surface area contributed by atoms with Crippen molar-refractivity contribution in [1.82, 2.24) is 0 Å². The van der Waals surface area contributed by atoms with Crippen molar-refractivity contribution in [2.75, 3.05) is 0 Å². The van der Waals surface area contributed by atoms with E-state index in [2.05, 4.69) is 0 Å². The summed E-state index contributed by atoms with van der Waals surface area (Å²) in [6.07, 6.45) is -3.77. The first kappa shape index (κ1) is 11.0. The minimum absolute atomic E-state index is 0.0673. The molecule has 0 unspecified atom stereocenters. The van der Waals surface area contributed by atoms with Crippen molar-refractivity contribution in [1.29, 1.82) is 0 Å². The van der Waals surface area contributed by atoms with Crippen LogP contribution in [0.2, 0.25) is 5.02 Å². The molecule has 0 N–H and O–H groups in total. The standard InChI is InChI=1S/C9H6ClF3O/c10-8-5-6(3-4-14)1-2-7(8)9(11,12)13/h1-2,4-5H,3H2. The van der Waals surface area contributed by atoms with Crippen molar-refractivity contribution in [3.63, 3.8) is 0 Å². The third-order valence-corrected chi connectivity index (χ3v) is 1.97. The highest BCUT2D eigenvalue weighted by Crippen LogP contribution is 2.34. The van der Waals surface area contributed by atoms with Crippen molar-refractivity contribution in [3.05, 3.63) is 34.3 Å². The molecular formula is C9H6ClF3O. The van der Waals surface area contributed by atoms with E-state index in [1.165, 1.54) is 6.07 Å². The van der Waals surface area contributed by atoms with Gasteiger partial charge in [-0.05, 0) is 17.7 Å². The summed E-state index contributed by atoms with van der Waals surface area (Å²) in [5, 5.41) is -0.378. The van der Waals surface area contributed by atoms with Gasteiger partial charge in [0, 0.05) is 6.42 Å². The Morgan fingerprint density at radius 2 is 2.00 bits per heavy atom. The molecule has 5 heteroatoms. The third kappa shape index (κ3) is 2.48. The average Bonchev–Trinajstić information content (AvgIpc) is 2.02. The summed E-state index contributed by atoms with van der Waals surface area (Å²) in [5.41, 5.74) is -0.410. The Balaban J connectivity index is 3.07. The van der Waals surface area contributed by atoms with Gasteiger partial charge < -0.3 is 4.79 Å². The largest absolute Gasteiger partial charge is 0.417 e. The monoisotopic (exact) mass is 222 g/mol. The molecule has 0 atom stereocenters. The fourth-order valence-corrected chi connectivity index (χ4v) is 1.32. The molecule has 1 aromatic rings. The van der Waals surface area contributed by atoms with E-state index in [0.717, 1.165) is 12.1 Å². The van der Waals surface area contributed by atoms with Gasteiger partial charge in [-0.2, -0.15) is 13.2 Å². The van der Waals surface area contributed by atoms with Gasteiger partial charge in [-0.3, -0.25) is 0 Å². The molecule has 0 aliphatic carbocycles. The number of hydrogen-bond acceptors (Lipinski definition) is 1. The molecule has 1 nitrogen and oxygen atoms in total. The van der Waals surface area contributed by atoms with Crippen LogP contribution in [-0.2, 0) is 17.4 Å². The summed E-state index contributed by atoms with van der Waals surface area (Å²) in [7, 11) is 0. The quantitative estimate of drug-likeness (QED) is 0.703. The molecule has 0 amide bonds. The topological polar surface area (TPSA) is 17.1 Å². The molecule has 1 rings (SSSR count). The normalized spacial score (nSPS) is 11.4. The highest BCUT2D eigenvalue weighted by molar-refractivity contribution is 6.31. The Bertz CT molecular complexity index is 346. The summed E-state index contributed by atoms with van der Waals surface area (Å²) in [6.45, 7) is 0. The molecule has 0 saturated heterocycles. The van der Waals surface area contributed by atoms with Gasteiger partial charge in [0.1, 0.15) is 6.29 Å². The van der Waals surface area contributed by atoms with Gasteiger partial charge in [0.2, 0.25) is 0 Å². The van der Waals surface area contributed by atoms with E-state index >= 15 is 0 Å². The van der Waals surface area contributed by atoms with E-state index in [1.54, 1.807) is 0 Å². The molecule has 0 radical (unpaired) electrons. The molecule has 0 bridgehead atoms. The van der Waals surface area contributed by atoms with Crippen LogP contribution in [-0.4, -0.2) is 6.29 Å². The maximum absolute atomic E-state index is 12.2. The third-order valence-electron chi connectivity index (χ3n) is 1.66. The SMILES string of the molecule is O=CCc1ccc(C(F)(F)F)c(Cl)c1. The zero-order valence-electron chi connectivity index (χ0n) is 6.94. The van der Waals surface area contributed by atoms with Crippen LogP contribution >= 0.6 is 11.6 Å². The zero-order chi connectivity index (χ0) is 10.8. The Morgan fingerprint density at radius 3 is 2.43 bits per heavy atom. The van der Waals surface area contributed by atoms with Crippen LogP contribution in [0.3, 0.4) is 0 Å². The lowest BCUT2D eigenvalue weighted by Crippen LogP contribution is -2.06. The second-order valence-corrected chi connectivity index (χ2v) is 3.09. The smallest absolute Gasteiger partial charge is 0.303 e. The Morgan fingerprint density at radius 1 is 1.36 bits per heavy atom. The number of aldehydes is 1. The summed E-state index contributed by atoms with van der Waals surface area (Å²) >= 11 is 5.41. The molecule has 14 heavy (non-hydrogen) atoms. The fraction of sp³-hybridized carbons (Fsp3) is 0.222. The molecule has 0 aromatic heterocycles. The van der Waals surface area contributed by atoms with Gasteiger partial charge in [0.05, 0.1) is 10.6 Å². The van der Waals surface area contributed by atoms with Crippen molar-refractivity contribution in [2.24, 2.45) is 0 Å². The lowest BCUT2D eigenvalue weighted by molar-refractivity contribution is -0.137. The van der Waals surface area contributed by atoms with Crippen LogP contribution in [0.4, 0.5) is 13.2 Å². The second-order valence-electron chi connectivity index (χ2n) is 2.68. The lowest BCUT2D eigenvalue weighted by Gasteiger charge is -2.09. The molecule has 0 heterocycles.